The highest BCUT2D eigenvalue weighted by atomic mass is 16.5. The highest BCUT2D eigenvalue weighted by Crippen LogP contribution is 2.34. The molecule has 5 rings (SSSR count). The van der Waals surface area contributed by atoms with E-state index in [0.717, 1.165) is 40.7 Å². The summed E-state index contributed by atoms with van der Waals surface area (Å²) in [7, 11) is 2.01. The molecule has 8 heteroatoms. The van der Waals surface area contributed by atoms with Crippen molar-refractivity contribution in [3.63, 3.8) is 0 Å². The van der Waals surface area contributed by atoms with Crippen LogP contribution >= 0.6 is 0 Å². The molecule has 136 valence electrons. The van der Waals surface area contributed by atoms with Crippen LogP contribution < -0.4 is 4.74 Å². The van der Waals surface area contributed by atoms with Crippen LogP contribution in [0.5, 0.6) is 5.88 Å². The predicted molar refractivity (Wildman–Crippen MR) is 99.5 cm³/mol. The van der Waals surface area contributed by atoms with Crippen LogP contribution in [0.25, 0.3) is 27.8 Å². The second-order valence-corrected chi connectivity index (χ2v) is 6.86. The van der Waals surface area contributed by atoms with Gasteiger partial charge in [0.2, 0.25) is 5.88 Å². The number of tetrazole rings is 1. The molecule has 1 fully saturated rings. The van der Waals surface area contributed by atoms with Crippen molar-refractivity contribution in [2.45, 2.75) is 31.8 Å². The van der Waals surface area contributed by atoms with E-state index in [1.54, 1.807) is 17.3 Å². The molecule has 0 amide bonds. The number of aromatic nitrogens is 7. The molecule has 1 saturated carbocycles. The molecule has 0 spiro atoms. The van der Waals surface area contributed by atoms with Crippen LogP contribution in [0, 0.1) is 0 Å². The van der Waals surface area contributed by atoms with Gasteiger partial charge in [-0.3, -0.25) is 0 Å². The molecule has 27 heavy (non-hydrogen) atoms. The molecule has 0 saturated heterocycles. The fourth-order valence-electron chi connectivity index (χ4n) is 3.73. The molecule has 8 nitrogen and oxygen atoms in total. The molecule has 0 atom stereocenters. The highest BCUT2D eigenvalue weighted by Gasteiger charge is 2.21. The number of benzene rings is 1. The van der Waals surface area contributed by atoms with E-state index in [0.29, 0.717) is 5.88 Å². The van der Waals surface area contributed by atoms with Crippen LogP contribution in [0.4, 0.5) is 0 Å². The Balaban J connectivity index is 1.54. The summed E-state index contributed by atoms with van der Waals surface area (Å²) in [6.07, 6.45) is 10.2. The summed E-state index contributed by atoms with van der Waals surface area (Å²) in [6.45, 7) is 0. The van der Waals surface area contributed by atoms with Gasteiger partial charge in [-0.25, -0.2) is 9.67 Å². The van der Waals surface area contributed by atoms with E-state index in [2.05, 4.69) is 31.7 Å². The molecule has 3 aromatic heterocycles. The van der Waals surface area contributed by atoms with Gasteiger partial charge in [0.25, 0.3) is 0 Å². The Morgan fingerprint density at radius 3 is 2.63 bits per heavy atom. The second-order valence-electron chi connectivity index (χ2n) is 6.86. The Bertz CT molecular complexity index is 1060. The molecule has 0 N–H and O–H groups in total. The summed E-state index contributed by atoms with van der Waals surface area (Å²) in [6, 6.07) is 8.07. The first-order valence-corrected chi connectivity index (χ1v) is 9.10. The number of ether oxygens (including phenoxy) is 1. The van der Waals surface area contributed by atoms with Crippen molar-refractivity contribution in [3.05, 3.63) is 43.1 Å². The first-order chi connectivity index (χ1) is 13.3. The summed E-state index contributed by atoms with van der Waals surface area (Å²) < 4.78 is 9.86. The van der Waals surface area contributed by atoms with Crippen molar-refractivity contribution < 1.29 is 4.74 Å². The number of hydrogen-bond acceptors (Lipinski definition) is 6. The van der Waals surface area contributed by atoms with E-state index in [9.17, 15) is 0 Å². The second kappa shape index (κ2) is 6.46. The van der Waals surface area contributed by atoms with Gasteiger partial charge < -0.3 is 9.30 Å². The minimum Gasteiger partial charge on any atom is -0.473 e. The molecule has 0 bridgehead atoms. The number of fused-ring (bicyclic) bond motifs is 1. The maximum Gasteiger partial charge on any atom is 0.242 e. The first-order valence-electron chi connectivity index (χ1n) is 9.10. The number of nitrogens with zero attached hydrogens (tertiary/aromatic N) is 7. The van der Waals surface area contributed by atoms with E-state index in [1.165, 1.54) is 12.8 Å². The lowest BCUT2D eigenvalue weighted by molar-refractivity contribution is 0.203. The van der Waals surface area contributed by atoms with Gasteiger partial charge in [0, 0.05) is 18.8 Å². The molecule has 0 unspecified atom stereocenters. The van der Waals surface area contributed by atoms with Crippen LogP contribution in [0.1, 0.15) is 25.7 Å². The number of aryl methyl sites for hydroxylation is 1. The first kappa shape index (κ1) is 15.9. The average Bonchev–Trinajstić information content (AvgIpc) is 3.44. The fourth-order valence-corrected chi connectivity index (χ4v) is 3.73. The lowest BCUT2D eigenvalue weighted by atomic mass is 10.1. The Kier molecular flexibility index (Phi) is 3.81. The molecule has 0 radical (unpaired) electrons. The average molecular weight is 361 g/mol. The highest BCUT2D eigenvalue weighted by molar-refractivity contribution is 5.95. The third-order valence-corrected chi connectivity index (χ3v) is 5.09. The minimum absolute atomic E-state index is 0.261. The minimum atomic E-state index is 0.261. The lowest BCUT2D eigenvalue weighted by Gasteiger charge is -2.13. The Hall–Kier alpha value is -3.29. The van der Waals surface area contributed by atoms with Gasteiger partial charge in [-0.15, -0.1) is 5.10 Å². The SMILES string of the molecule is Cn1cc(-c2ccc(-n3cnnn3)cc2)c2ncnc(OC3CCCC3)c21. The maximum absolute atomic E-state index is 6.19. The fraction of sp³-hybridized carbons (Fsp3) is 0.316. The zero-order chi connectivity index (χ0) is 18.2. The summed E-state index contributed by atoms with van der Waals surface area (Å²) in [5.74, 6) is 0.672. The van der Waals surface area contributed by atoms with E-state index >= 15 is 0 Å². The molecule has 3 heterocycles. The van der Waals surface area contributed by atoms with Crippen molar-refractivity contribution >= 4 is 11.0 Å². The van der Waals surface area contributed by atoms with Gasteiger partial charge >= 0.3 is 0 Å². The summed E-state index contributed by atoms with van der Waals surface area (Å²) in [5, 5.41) is 11.3. The van der Waals surface area contributed by atoms with Crippen molar-refractivity contribution in [3.8, 4) is 22.7 Å². The van der Waals surface area contributed by atoms with Crippen molar-refractivity contribution in [1.29, 1.82) is 0 Å². The monoisotopic (exact) mass is 361 g/mol. The zero-order valence-corrected chi connectivity index (χ0v) is 15.0. The van der Waals surface area contributed by atoms with Crippen LogP contribution in [0.2, 0.25) is 0 Å². The molecule has 1 aliphatic rings. The topological polar surface area (TPSA) is 83.5 Å². The standard InChI is InChI=1S/C19H19N7O/c1-25-10-16(13-6-8-14(9-7-13)26-12-22-23-24-26)17-18(25)19(21-11-20-17)27-15-4-2-3-5-15/h6-12,15H,2-5H2,1H3. The summed E-state index contributed by atoms with van der Waals surface area (Å²) in [4.78, 5) is 8.94. The zero-order valence-electron chi connectivity index (χ0n) is 15.0. The van der Waals surface area contributed by atoms with Crippen LogP contribution in [-0.2, 0) is 7.05 Å². The Labute approximate surface area is 155 Å². The quantitative estimate of drug-likeness (QED) is 0.556. The van der Waals surface area contributed by atoms with E-state index < -0.39 is 0 Å². The van der Waals surface area contributed by atoms with Gasteiger partial charge in [0.05, 0.1) is 5.69 Å². The van der Waals surface area contributed by atoms with Gasteiger partial charge in [-0.1, -0.05) is 12.1 Å². The Morgan fingerprint density at radius 2 is 1.89 bits per heavy atom. The predicted octanol–water partition coefficient (Wildman–Crippen LogP) is 2.93. The van der Waals surface area contributed by atoms with Gasteiger partial charge in [-0.2, -0.15) is 4.98 Å². The van der Waals surface area contributed by atoms with Gasteiger partial charge in [0.1, 0.15) is 29.8 Å². The van der Waals surface area contributed by atoms with E-state index in [4.69, 9.17) is 4.74 Å². The lowest BCUT2D eigenvalue weighted by Crippen LogP contribution is -2.12. The molecule has 4 aromatic rings. The van der Waals surface area contributed by atoms with Gasteiger partial charge in [-0.05, 0) is 53.8 Å². The normalized spacial score (nSPS) is 14.9. The number of hydrogen-bond donors (Lipinski definition) is 0. The summed E-state index contributed by atoms with van der Waals surface area (Å²) >= 11 is 0. The number of rotatable bonds is 4. The maximum atomic E-state index is 6.19. The molecule has 0 aliphatic heterocycles. The van der Waals surface area contributed by atoms with E-state index in [1.807, 2.05) is 35.9 Å². The van der Waals surface area contributed by atoms with Crippen LogP contribution in [0.3, 0.4) is 0 Å². The van der Waals surface area contributed by atoms with E-state index in [-0.39, 0.29) is 6.10 Å². The smallest absolute Gasteiger partial charge is 0.242 e. The Morgan fingerprint density at radius 1 is 1.07 bits per heavy atom. The molecule has 1 aliphatic carbocycles. The molecule has 1 aromatic carbocycles. The van der Waals surface area contributed by atoms with Crippen molar-refractivity contribution in [1.82, 2.24) is 34.7 Å². The summed E-state index contributed by atoms with van der Waals surface area (Å²) in [5.41, 5.74) is 4.86. The molecular formula is C19H19N7O. The largest absolute Gasteiger partial charge is 0.473 e. The molecular weight excluding hydrogens is 342 g/mol. The van der Waals surface area contributed by atoms with Gasteiger partial charge in [0.15, 0.2) is 0 Å². The van der Waals surface area contributed by atoms with Crippen molar-refractivity contribution in [2.24, 2.45) is 7.05 Å². The van der Waals surface area contributed by atoms with Crippen LogP contribution in [-0.4, -0.2) is 40.8 Å². The third kappa shape index (κ3) is 2.83. The third-order valence-electron chi connectivity index (χ3n) is 5.09. The van der Waals surface area contributed by atoms with Crippen LogP contribution in [0.15, 0.2) is 43.1 Å². The van der Waals surface area contributed by atoms with Crippen molar-refractivity contribution in [2.75, 3.05) is 0 Å².